The van der Waals surface area contributed by atoms with Gasteiger partial charge in [0.25, 0.3) is 0 Å². The SMILES string of the molecule is CCN(CC)c1ccc(C2N(CCc3ccc(OC)cc3)C(=O)C3(CCCCC3)N2CC2CC2)cc1. The molecule has 5 heteroatoms. The molecule has 1 unspecified atom stereocenters. The van der Waals surface area contributed by atoms with E-state index in [4.69, 9.17) is 4.74 Å². The maximum Gasteiger partial charge on any atom is 0.244 e. The van der Waals surface area contributed by atoms with Gasteiger partial charge in [0.15, 0.2) is 0 Å². The van der Waals surface area contributed by atoms with E-state index in [1.165, 1.54) is 36.1 Å². The molecule has 1 saturated heterocycles. The van der Waals surface area contributed by atoms with Gasteiger partial charge in [0.2, 0.25) is 5.91 Å². The molecule has 2 aliphatic carbocycles. The van der Waals surface area contributed by atoms with Crippen molar-refractivity contribution < 1.29 is 9.53 Å². The molecule has 0 radical (unpaired) electrons. The molecule has 1 aliphatic heterocycles. The summed E-state index contributed by atoms with van der Waals surface area (Å²) in [7, 11) is 1.70. The first-order valence-corrected chi connectivity index (χ1v) is 14.1. The standard InChI is InChI=1S/C31H43N3O2/c1-4-32(5-2)27-15-13-26(14-16-27)29-33(22-19-24-11-17-28(36-3)18-12-24)30(35)31(20-7-6-8-21-31)34(29)23-25-9-10-25/h11-18,25,29H,4-10,19-23H2,1-3H3. The Hall–Kier alpha value is -2.53. The number of carbonyl (C=O) groups is 1. The number of hydrogen-bond acceptors (Lipinski definition) is 4. The highest BCUT2D eigenvalue weighted by Crippen LogP contribution is 2.49. The second-order valence-electron chi connectivity index (χ2n) is 10.9. The average molecular weight is 490 g/mol. The molecule has 5 nitrogen and oxygen atoms in total. The summed E-state index contributed by atoms with van der Waals surface area (Å²) in [4.78, 5) is 21.6. The van der Waals surface area contributed by atoms with Crippen molar-refractivity contribution in [3.63, 3.8) is 0 Å². The fourth-order valence-corrected chi connectivity index (χ4v) is 6.47. The average Bonchev–Trinajstić information content (AvgIpc) is 3.73. The first kappa shape index (κ1) is 25.1. The highest BCUT2D eigenvalue weighted by Gasteiger charge is 2.58. The third-order valence-electron chi connectivity index (χ3n) is 8.75. The number of carbonyl (C=O) groups excluding carboxylic acids is 1. The van der Waals surface area contributed by atoms with E-state index >= 15 is 0 Å². The minimum absolute atomic E-state index is 0.0280. The third-order valence-corrected chi connectivity index (χ3v) is 8.75. The smallest absolute Gasteiger partial charge is 0.244 e. The Morgan fingerprint density at radius 1 is 0.944 bits per heavy atom. The summed E-state index contributed by atoms with van der Waals surface area (Å²) in [5.41, 5.74) is 3.46. The number of methoxy groups -OCH3 is 1. The summed E-state index contributed by atoms with van der Waals surface area (Å²) in [6.45, 7) is 8.21. The summed E-state index contributed by atoms with van der Waals surface area (Å²) >= 11 is 0. The molecule has 0 N–H and O–H groups in total. The molecule has 1 heterocycles. The number of amides is 1. The van der Waals surface area contributed by atoms with Crippen LogP contribution in [0.25, 0.3) is 0 Å². The molecule has 0 bridgehead atoms. The van der Waals surface area contributed by atoms with Gasteiger partial charge in [-0.05, 0) is 87.3 Å². The molecule has 194 valence electrons. The van der Waals surface area contributed by atoms with Crippen LogP contribution in [0.4, 0.5) is 5.69 Å². The number of rotatable bonds is 10. The van der Waals surface area contributed by atoms with Crippen LogP contribution >= 0.6 is 0 Å². The van der Waals surface area contributed by atoms with Gasteiger partial charge in [0.05, 0.1) is 7.11 Å². The first-order valence-electron chi connectivity index (χ1n) is 14.1. The van der Waals surface area contributed by atoms with Gasteiger partial charge in [-0.2, -0.15) is 0 Å². The van der Waals surface area contributed by atoms with Crippen LogP contribution in [0, 0.1) is 5.92 Å². The molecule has 36 heavy (non-hydrogen) atoms. The van der Waals surface area contributed by atoms with Gasteiger partial charge < -0.3 is 14.5 Å². The number of ether oxygens (including phenoxy) is 1. The molecule has 0 aromatic heterocycles. The van der Waals surface area contributed by atoms with Crippen molar-refractivity contribution in [1.29, 1.82) is 0 Å². The van der Waals surface area contributed by atoms with Crippen molar-refractivity contribution in [1.82, 2.24) is 9.80 Å². The van der Waals surface area contributed by atoms with Crippen molar-refractivity contribution in [2.45, 2.75) is 76.9 Å². The lowest BCUT2D eigenvalue weighted by Gasteiger charge is -2.41. The highest BCUT2D eigenvalue weighted by molar-refractivity contribution is 5.89. The van der Waals surface area contributed by atoms with E-state index in [1.807, 2.05) is 12.1 Å². The number of benzene rings is 2. The van der Waals surface area contributed by atoms with Crippen LogP contribution in [0.15, 0.2) is 48.5 Å². The largest absolute Gasteiger partial charge is 0.497 e. The zero-order valence-electron chi connectivity index (χ0n) is 22.4. The summed E-state index contributed by atoms with van der Waals surface area (Å²) < 4.78 is 5.34. The third kappa shape index (κ3) is 4.87. The summed E-state index contributed by atoms with van der Waals surface area (Å²) in [5, 5.41) is 0. The zero-order valence-corrected chi connectivity index (χ0v) is 22.4. The molecule has 2 aromatic carbocycles. The Bertz CT molecular complexity index is 1010. The predicted octanol–water partition coefficient (Wildman–Crippen LogP) is 6.04. The van der Waals surface area contributed by atoms with Crippen LogP contribution in [-0.2, 0) is 11.2 Å². The molecule has 1 amide bonds. The van der Waals surface area contributed by atoms with Gasteiger partial charge in [0, 0.05) is 31.9 Å². The molecule has 2 saturated carbocycles. The second-order valence-corrected chi connectivity index (χ2v) is 10.9. The molecule has 5 rings (SSSR count). The van der Waals surface area contributed by atoms with E-state index in [2.05, 4.69) is 64.9 Å². The molecule has 1 spiro atoms. The number of hydrogen-bond donors (Lipinski definition) is 0. The first-order chi connectivity index (χ1) is 17.6. The van der Waals surface area contributed by atoms with Crippen molar-refractivity contribution >= 4 is 11.6 Å². The fraction of sp³-hybridized carbons (Fsp3) is 0.581. The van der Waals surface area contributed by atoms with Gasteiger partial charge in [0.1, 0.15) is 17.5 Å². The van der Waals surface area contributed by atoms with Crippen LogP contribution in [-0.4, -0.2) is 54.5 Å². The normalized spacial score (nSPS) is 21.8. The Balaban J connectivity index is 1.47. The van der Waals surface area contributed by atoms with Crippen molar-refractivity contribution in [2.24, 2.45) is 5.92 Å². The van der Waals surface area contributed by atoms with Gasteiger partial charge in [-0.15, -0.1) is 0 Å². The molecule has 1 atom stereocenters. The maximum atomic E-state index is 14.3. The van der Waals surface area contributed by atoms with E-state index < -0.39 is 0 Å². The molecule has 2 aromatic rings. The summed E-state index contributed by atoms with van der Waals surface area (Å²) in [6.07, 6.45) is 9.08. The lowest BCUT2D eigenvalue weighted by Crippen LogP contribution is -2.51. The van der Waals surface area contributed by atoms with E-state index in [-0.39, 0.29) is 11.7 Å². The van der Waals surface area contributed by atoms with Crippen molar-refractivity contribution in [3.8, 4) is 5.75 Å². The number of anilines is 1. The molecule has 3 aliphatic rings. The Kier molecular flexibility index (Phi) is 7.57. The molecular weight excluding hydrogens is 446 g/mol. The van der Waals surface area contributed by atoms with Crippen LogP contribution in [0.3, 0.4) is 0 Å². The fourth-order valence-electron chi connectivity index (χ4n) is 6.47. The second kappa shape index (κ2) is 10.8. The minimum Gasteiger partial charge on any atom is -0.497 e. The predicted molar refractivity (Wildman–Crippen MR) is 146 cm³/mol. The lowest BCUT2D eigenvalue weighted by atomic mass is 9.80. The monoisotopic (exact) mass is 489 g/mol. The highest BCUT2D eigenvalue weighted by atomic mass is 16.5. The quantitative estimate of drug-likeness (QED) is 0.408. The zero-order chi connectivity index (χ0) is 25.1. The molecular formula is C31H43N3O2. The van der Waals surface area contributed by atoms with Gasteiger partial charge >= 0.3 is 0 Å². The van der Waals surface area contributed by atoms with Crippen LogP contribution in [0.5, 0.6) is 5.75 Å². The van der Waals surface area contributed by atoms with Gasteiger partial charge in [-0.1, -0.05) is 43.5 Å². The Morgan fingerprint density at radius 3 is 2.19 bits per heavy atom. The van der Waals surface area contributed by atoms with Gasteiger partial charge in [-0.25, -0.2) is 0 Å². The van der Waals surface area contributed by atoms with Crippen LogP contribution < -0.4 is 9.64 Å². The van der Waals surface area contributed by atoms with Gasteiger partial charge in [-0.3, -0.25) is 9.69 Å². The maximum absolute atomic E-state index is 14.3. The Morgan fingerprint density at radius 2 is 1.61 bits per heavy atom. The van der Waals surface area contributed by atoms with Crippen molar-refractivity contribution in [2.75, 3.05) is 38.2 Å². The summed E-state index contributed by atoms with van der Waals surface area (Å²) in [5.74, 6) is 1.99. The van der Waals surface area contributed by atoms with E-state index in [1.54, 1.807) is 7.11 Å². The van der Waals surface area contributed by atoms with E-state index in [0.29, 0.717) is 5.91 Å². The lowest BCUT2D eigenvalue weighted by molar-refractivity contribution is -0.135. The van der Waals surface area contributed by atoms with Crippen molar-refractivity contribution in [3.05, 3.63) is 59.7 Å². The van der Waals surface area contributed by atoms with Crippen LogP contribution in [0.1, 0.15) is 76.1 Å². The minimum atomic E-state index is -0.317. The molecule has 3 fully saturated rings. The van der Waals surface area contributed by atoms with E-state index in [0.717, 1.165) is 70.0 Å². The topological polar surface area (TPSA) is 36.0 Å². The van der Waals surface area contributed by atoms with Crippen LogP contribution in [0.2, 0.25) is 0 Å². The number of nitrogens with zero attached hydrogens (tertiary/aromatic N) is 3. The summed E-state index contributed by atoms with van der Waals surface area (Å²) in [6, 6.07) is 17.4. The Labute approximate surface area is 217 Å². The van der Waals surface area contributed by atoms with E-state index in [9.17, 15) is 4.79 Å².